The molecule has 1 rings (SSSR count). The predicted molar refractivity (Wildman–Crippen MR) is 113 cm³/mol. The van der Waals surface area contributed by atoms with Gasteiger partial charge in [0.1, 0.15) is 0 Å². The fourth-order valence-electron chi connectivity index (χ4n) is 2.96. The van der Waals surface area contributed by atoms with Crippen molar-refractivity contribution in [3.05, 3.63) is 24.3 Å². The molecule has 0 fully saturated rings. The Bertz CT molecular complexity index is 456. The first-order chi connectivity index (χ1) is 9.62. The zero-order chi connectivity index (χ0) is 17.4. The van der Waals surface area contributed by atoms with E-state index in [1.54, 1.807) is 0 Å². The summed E-state index contributed by atoms with van der Waals surface area (Å²) in [4.78, 5) is 0. The molecule has 22 heavy (non-hydrogen) atoms. The Morgan fingerprint density at radius 3 is 1.82 bits per heavy atom. The number of allylic oxidation sites excluding steroid dienone is 4. The Hall–Kier alpha value is 0.598. The highest BCUT2D eigenvalue weighted by atomic mass is 35.6. The fraction of sp³-hybridized carbons (Fsp3) is 0.750. The first-order valence-electron chi connectivity index (χ1n) is 8.35. The third-order valence-corrected chi connectivity index (χ3v) is 30.1. The molecule has 6 heteroatoms. The summed E-state index contributed by atoms with van der Waals surface area (Å²) in [5, 5.41) is 0.260. The molecule has 0 spiro atoms. The summed E-state index contributed by atoms with van der Waals surface area (Å²) in [5.41, 5.74) is 0. The largest absolute Gasteiger partial charge is 0.447 e. The van der Waals surface area contributed by atoms with E-state index in [-0.39, 0.29) is 5.04 Å². The van der Waals surface area contributed by atoms with E-state index in [2.05, 4.69) is 83.2 Å². The van der Waals surface area contributed by atoms with Crippen molar-refractivity contribution in [3.63, 3.8) is 0 Å². The van der Waals surface area contributed by atoms with Crippen LogP contribution in [0.4, 0.5) is 0 Å². The van der Waals surface area contributed by atoms with Crippen LogP contribution in [0.15, 0.2) is 24.3 Å². The number of rotatable bonds is 6. The first-order valence-corrected chi connectivity index (χ1v) is 22.9. The van der Waals surface area contributed by atoms with Crippen LogP contribution in [-0.4, -0.2) is 31.1 Å². The van der Waals surface area contributed by atoms with Crippen LogP contribution in [0, 0.1) is 0 Å². The second-order valence-electron chi connectivity index (χ2n) is 9.77. The lowest BCUT2D eigenvalue weighted by Gasteiger charge is -2.50. The average Bonchev–Trinajstić information content (AvgIpc) is 2.24. The van der Waals surface area contributed by atoms with Crippen LogP contribution in [0.1, 0.15) is 6.42 Å². The normalized spacial score (nSPS) is 26.1. The molecule has 1 aliphatic carbocycles. The molecule has 0 heterocycles. The molecule has 0 aromatic heterocycles. The van der Waals surface area contributed by atoms with Crippen LogP contribution in [0.2, 0.25) is 70.0 Å². The molecule has 128 valence electrons. The lowest BCUT2D eigenvalue weighted by molar-refractivity contribution is 0.555. The maximum Gasteiger partial charge on any atom is 0.263 e. The Morgan fingerprint density at radius 1 is 0.955 bits per heavy atom. The zero-order valence-electron chi connectivity index (χ0n) is 16.0. The second-order valence-corrected chi connectivity index (χ2v) is 36.3. The monoisotopic (exact) mass is 390 g/mol. The van der Waals surface area contributed by atoms with E-state index < -0.39 is 31.1 Å². The Balaban J connectivity index is 3.27. The van der Waals surface area contributed by atoms with Crippen molar-refractivity contribution in [2.75, 3.05) is 0 Å². The molecule has 0 radical (unpaired) electrons. The summed E-state index contributed by atoms with van der Waals surface area (Å²) in [6, 6.07) is 1.10. The zero-order valence-corrected chi connectivity index (χ0v) is 20.8. The van der Waals surface area contributed by atoms with Gasteiger partial charge in [-0.05, 0) is 37.1 Å². The summed E-state index contributed by atoms with van der Waals surface area (Å²) in [6.07, 6.45) is 10.4. The van der Waals surface area contributed by atoms with E-state index >= 15 is 0 Å². The number of halogens is 1. The summed E-state index contributed by atoms with van der Waals surface area (Å²) in [6.45, 7) is 21.5. The van der Waals surface area contributed by atoms with Gasteiger partial charge in [-0.15, -0.1) is 11.1 Å². The average molecular weight is 391 g/mol. The molecule has 1 nitrogen and oxygen atoms in total. The molecule has 0 amide bonds. The van der Waals surface area contributed by atoms with E-state index in [0.29, 0.717) is 0 Å². The molecular formula is C16H35ClOSi4. The molecular weight excluding hydrogens is 356 g/mol. The summed E-state index contributed by atoms with van der Waals surface area (Å²) in [5.74, 6) is 0. The van der Waals surface area contributed by atoms with Crippen molar-refractivity contribution in [1.82, 2.24) is 0 Å². The van der Waals surface area contributed by atoms with Crippen LogP contribution in [0.5, 0.6) is 0 Å². The van der Waals surface area contributed by atoms with Crippen molar-refractivity contribution in [2.45, 2.75) is 76.4 Å². The molecule has 0 aliphatic heterocycles. The van der Waals surface area contributed by atoms with Crippen molar-refractivity contribution >= 4 is 42.2 Å². The van der Waals surface area contributed by atoms with E-state index in [9.17, 15) is 0 Å². The van der Waals surface area contributed by atoms with Crippen molar-refractivity contribution in [1.29, 1.82) is 0 Å². The number of hydrogen-bond donors (Lipinski definition) is 0. The third-order valence-electron chi connectivity index (χ3n) is 4.77. The lowest BCUT2D eigenvalue weighted by Crippen LogP contribution is -2.62. The minimum Gasteiger partial charge on any atom is -0.447 e. The molecule has 0 N–H and O–H groups in total. The summed E-state index contributed by atoms with van der Waals surface area (Å²) >= 11 is 7.41. The van der Waals surface area contributed by atoms with Crippen molar-refractivity contribution in [3.8, 4) is 0 Å². The molecule has 2 unspecified atom stereocenters. The molecule has 0 bridgehead atoms. The minimum atomic E-state index is -2.23. The summed E-state index contributed by atoms with van der Waals surface area (Å²) < 4.78 is 6.78. The maximum atomic E-state index is 7.41. The molecule has 1 aliphatic rings. The van der Waals surface area contributed by atoms with Gasteiger partial charge in [0.05, 0.1) is 15.7 Å². The van der Waals surface area contributed by atoms with Crippen LogP contribution < -0.4 is 0 Å². The van der Waals surface area contributed by atoms with Crippen LogP contribution in [0.25, 0.3) is 0 Å². The highest BCUT2D eigenvalue weighted by molar-refractivity contribution is 7.57. The molecule has 0 aromatic carbocycles. The van der Waals surface area contributed by atoms with E-state index in [1.807, 2.05) is 0 Å². The smallest absolute Gasteiger partial charge is 0.263 e. The van der Waals surface area contributed by atoms with Crippen LogP contribution in [0.3, 0.4) is 0 Å². The Morgan fingerprint density at radius 2 is 1.50 bits per heavy atom. The van der Waals surface area contributed by atoms with Crippen LogP contribution >= 0.6 is 11.1 Å². The molecule has 0 saturated carbocycles. The Labute approximate surface area is 147 Å². The van der Waals surface area contributed by atoms with Gasteiger partial charge in [0.2, 0.25) is 0 Å². The molecule has 0 saturated heterocycles. The van der Waals surface area contributed by atoms with Gasteiger partial charge in [0.25, 0.3) is 7.14 Å². The first kappa shape index (κ1) is 20.6. The second kappa shape index (κ2) is 6.48. The highest BCUT2D eigenvalue weighted by Crippen LogP contribution is 2.54. The van der Waals surface area contributed by atoms with Gasteiger partial charge in [0, 0.05) is 0 Å². The van der Waals surface area contributed by atoms with Crippen molar-refractivity contribution in [2.24, 2.45) is 0 Å². The van der Waals surface area contributed by atoms with Crippen LogP contribution in [-0.2, 0) is 4.12 Å². The SMILES string of the molecule is C[Si](C)(C)O[Si](Cl)(CC1([Si](C)(C)C)C=CC=CC1)[Si](C)(C)C. The van der Waals surface area contributed by atoms with E-state index in [0.717, 1.165) is 12.5 Å². The van der Waals surface area contributed by atoms with E-state index in [4.69, 9.17) is 15.2 Å². The predicted octanol–water partition coefficient (Wildman–Crippen LogP) is 6.53. The molecule has 2 atom stereocenters. The summed E-state index contributed by atoms with van der Waals surface area (Å²) in [7, 11) is -6.82. The maximum absolute atomic E-state index is 7.41. The Kier molecular flexibility index (Phi) is 6.08. The van der Waals surface area contributed by atoms with Gasteiger partial charge in [-0.2, -0.15) is 0 Å². The minimum absolute atomic E-state index is 0.260. The van der Waals surface area contributed by atoms with E-state index in [1.165, 1.54) is 0 Å². The van der Waals surface area contributed by atoms with Crippen molar-refractivity contribution < 1.29 is 4.12 Å². The van der Waals surface area contributed by atoms with Gasteiger partial charge in [0.15, 0.2) is 8.32 Å². The van der Waals surface area contributed by atoms with Gasteiger partial charge in [-0.25, -0.2) is 0 Å². The van der Waals surface area contributed by atoms with Gasteiger partial charge < -0.3 is 4.12 Å². The van der Waals surface area contributed by atoms with Gasteiger partial charge in [-0.3, -0.25) is 0 Å². The molecule has 0 aromatic rings. The third kappa shape index (κ3) is 4.80. The van der Waals surface area contributed by atoms with Gasteiger partial charge >= 0.3 is 0 Å². The highest BCUT2D eigenvalue weighted by Gasteiger charge is 2.56. The fourth-order valence-corrected chi connectivity index (χ4v) is 25.9. The van der Waals surface area contributed by atoms with Gasteiger partial charge in [-0.1, -0.05) is 63.6 Å². The quantitative estimate of drug-likeness (QED) is 0.370. The lowest BCUT2D eigenvalue weighted by atomic mass is 10.0. The standard InChI is InChI=1S/C16H35ClOSi4/c1-19(2,3)16(13-11-10-12-14-16)15-22(17,21(7,8)9)18-20(4,5)6/h10-13H,14-15H2,1-9H3. The number of hydrogen-bond acceptors (Lipinski definition) is 1. The topological polar surface area (TPSA) is 9.23 Å².